The Morgan fingerprint density at radius 3 is 2.21 bits per heavy atom. The van der Waals surface area contributed by atoms with E-state index in [4.69, 9.17) is 0 Å². The van der Waals surface area contributed by atoms with Gasteiger partial charge in [0.05, 0.1) is 12.7 Å². The smallest absolute Gasteiger partial charge is 0.337 e. The Bertz CT molecular complexity index is 554. The van der Waals surface area contributed by atoms with Crippen LogP contribution in [0.4, 0.5) is 0 Å². The summed E-state index contributed by atoms with van der Waals surface area (Å²) in [7, 11) is 1.35. The van der Waals surface area contributed by atoms with Gasteiger partial charge in [-0.25, -0.2) is 4.79 Å². The molecular formula is C19H28N2O3. The maximum atomic E-state index is 11.9. The molecule has 1 aromatic rings. The number of hydrogen-bond donors (Lipinski definition) is 1. The van der Waals surface area contributed by atoms with Crippen molar-refractivity contribution in [3.05, 3.63) is 41.5 Å². The van der Waals surface area contributed by atoms with Crippen LogP contribution < -0.4 is 5.32 Å². The third kappa shape index (κ3) is 6.54. The van der Waals surface area contributed by atoms with Gasteiger partial charge in [-0.3, -0.25) is 9.69 Å². The van der Waals surface area contributed by atoms with Crippen LogP contribution in [0.5, 0.6) is 0 Å². The summed E-state index contributed by atoms with van der Waals surface area (Å²) >= 11 is 0. The third-order valence-electron chi connectivity index (χ3n) is 3.75. The topological polar surface area (TPSA) is 58.6 Å². The summed E-state index contributed by atoms with van der Waals surface area (Å²) < 4.78 is 4.65. The second kappa shape index (κ2) is 9.88. The van der Waals surface area contributed by atoms with Crippen molar-refractivity contribution in [1.29, 1.82) is 0 Å². The molecule has 24 heavy (non-hydrogen) atoms. The molecule has 0 heterocycles. The Morgan fingerprint density at radius 1 is 1.12 bits per heavy atom. The van der Waals surface area contributed by atoms with E-state index in [2.05, 4.69) is 42.6 Å². The van der Waals surface area contributed by atoms with E-state index >= 15 is 0 Å². The van der Waals surface area contributed by atoms with E-state index in [9.17, 15) is 9.59 Å². The highest BCUT2D eigenvalue weighted by molar-refractivity contribution is 5.92. The molecule has 0 unspecified atom stereocenters. The number of carbonyl (C=O) groups is 2. The van der Waals surface area contributed by atoms with Gasteiger partial charge in [0.2, 0.25) is 5.91 Å². The standard InChI is InChI=1S/C19H28N2O3/c1-14(2)21(15(3)4)13-12-20-18(22)11-8-16-6-9-17(10-7-16)19(23)24-5/h6-11,14-15H,12-13H2,1-5H3,(H,20,22). The van der Waals surface area contributed by atoms with Crippen LogP contribution in [0.25, 0.3) is 6.08 Å². The van der Waals surface area contributed by atoms with Gasteiger partial charge >= 0.3 is 5.97 Å². The van der Waals surface area contributed by atoms with Gasteiger partial charge in [-0.05, 0) is 51.5 Å². The summed E-state index contributed by atoms with van der Waals surface area (Å²) in [5.74, 6) is -0.498. The number of nitrogens with zero attached hydrogens (tertiary/aromatic N) is 1. The molecule has 0 aromatic heterocycles. The Morgan fingerprint density at radius 2 is 1.71 bits per heavy atom. The number of ether oxygens (including phenoxy) is 1. The van der Waals surface area contributed by atoms with Crippen LogP contribution in [0, 0.1) is 0 Å². The minimum absolute atomic E-state index is 0.125. The quantitative estimate of drug-likeness (QED) is 0.587. The number of rotatable bonds is 8. The van der Waals surface area contributed by atoms with E-state index in [1.165, 1.54) is 13.2 Å². The first-order chi connectivity index (χ1) is 11.3. The second-order valence-corrected chi connectivity index (χ2v) is 6.16. The normalized spacial score (nSPS) is 11.5. The highest BCUT2D eigenvalue weighted by atomic mass is 16.5. The molecule has 1 amide bonds. The molecule has 0 fully saturated rings. The van der Waals surface area contributed by atoms with Crippen LogP contribution in [0.3, 0.4) is 0 Å². The minimum atomic E-state index is -0.372. The van der Waals surface area contributed by atoms with Gasteiger partial charge in [0.15, 0.2) is 0 Å². The second-order valence-electron chi connectivity index (χ2n) is 6.16. The summed E-state index contributed by atoms with van der Waals surface area (Å²) in [6.07, 6.45) is 3.22. The molecule has 1 rings (SSSR count). The van der Waals surface area contributed by atoms with Crippen LogP contribution in [0.1, 0.15) is 43.6 Å². The number of esters is 1. The average Bonchev–Trinajstić information content (AvgIpc) is 2.55. The van der Waals surface area contributed by atoms with Crippen molar-refractivity contribution >= 4 is 18.0 Å². The molecule has 5 heteroatoms. The zero-order valence-corrected chi connectivity index (χ0v) is 15.2. The molecule has 1 aromatic carbocycles. The molecule has 0 bridgehead atoms. The monoisotopic (exact) mass is 332 g/mol. The Balaban J connectivity index is 2.47. The van der Waals surface area contributed by atoms with Crippen molar-refractivity contribution in [3.8, 4) is 0 Å². The van der Waals surface area contributed by atoms with Gasteiger partial charge in [0.1, 0.15) is 0 Å². The van der Waals surface area contributed by atoms with E-state index in [0.29, 0.717) is 24.2 Å². The third-order valence-corrected chi connectivity index (χ3v) is 3.75. The maximum absolute atomic E-state index is 11.9. The number of carbonyl (C=O) groups excluding carboxylic acids is 2. The number of amides is 1. The van der Waals surface area contributed by atoms with Gasteiger partial charge in [-0.2, -0.15) is 0 Å². The number of hydrogen-bond acceptors (Lipinski definition) is 4. The van der Waals surface area contributed by atoms with Crippen LogP contribution in [-0.4, -0.2) is 49.1 Å². The lowest BCUT2D eigenvalue weighted by atomic mass is 10.1. The lowest BCUT2D eigenvalue weighted by Crippen LogP contribution is -2.42. The van der Waals surface area contributed by atoms with Crippen molar-refractivity contribution in [1.82, 2.24) is 10.2 Å². The molecule has 0 saturated carbocycles. The molecule has 0 radical (unpaired) electrons. The van der Waals surface area contributed by atoms with Crippen LogP contribution >= 0.6 is 0 Å². The first-order valence-corrected chi connectivity index (χ1v) is 8.25. The first-order valence-electron chi connectivity index (χ1n) is 8.25. The average molecular weight is 332 g/mol. The van der Waals surface area contributed by atoms with Crippen LogP contribution in [0.2, 0.25) is 0 Å². The fraction of sp³-hybridized carbons (Fsp3) is 0.474. The fourth-order valence-corrected chi connectivity index (χ4v) is 2.50. The maximum Gasteiger partial charge on any atom is 0.337 e. The van der Waals surface area contributed by atoms with E-state index in [1.807, 2.05) is 0 Å². The van der Waals surface area contributed by atoms with Crippen molar-refractivity contribution in [3.63, 3.8) is 0 Å². The van der Waals surface area contributed by atoms with Crippen molar-refractivity contribution in [2.45, 2.75) is 39.8 Å². The molecule has 0 aliphatic carbocycles. The lowest BCUT2D eigenvalue weighted by molar-refractivity contribution is -0.116. The fourth-order valence-electron chi connectivity index (χ4n) is 2.50. The van der Waals surface area contributed by atoms with Crippen molar-refractivity contribution < 1.29 is 14.3 Å². The van der Waals surface area contributed by atoms with E-state index in [1.54, 1.807) is 30.3 Å². The van der Waals surface area contributed by atoms with E-state index < -0.39 is 0 Å². The van der Waals surface area contributed by atoms with E-state index in [-0.39, 0.29) is 11.9 Å². The highest BCUT2D eigenvalue weighted by Gasteiger charge is 2.12. The number of benzene rings is 1. The van der Waals surface area contributed by atoms with Gasteiger partial charge in [0.25, 0.3) is 0 Å². The molecule has 0 atom stereocenters. The minimum Gasteiger partial charge on any atom is -0.465 e. The summed E-state index contributed by atoms with van der Waals surface area (Å²) in [6.45, 7) is 10.0. The highest BCUT2D eigenvalue weighted by Crippen LogP contribution is 2.07. The largest absolute Gasteiger partial charge is 0.465 e. The van der Waals surface area contributed by atoms with Gasteiger partial charge in [-0.1, -0.05) is 12.1 Å². The molecule has 0 aliphatic heterocycles. The Kier molecular flexibility index (Phi) is 8.19. The SMILES string of the molecule is COC(=O)c1ccc(C=CC(=O)NCCN(C(C)C)C(C)C)cc1. The molecule has 132 valence electrons. The van der Waals surface area contributed by atoms with Gasteiger partial charge < -0.3 is 10.1 Å². The van der Waals surface area contributed by atoms with Crippen LogP contribution in [0.15, 0.2) is 30.3 Å². The molecule has 0 saturated heterocycles. The zero-order chi connectivity index (χ0) is 18.1. The molecule has 0 spiro atoms. The van der Waals surface area contributed by atoms with Crippen molar-refractivity contribution in [2.24, 2.45) is 0 Å². The predicted octanol–water partition coefficient (Wildman–Crippen LogP) is 2.72. The zero-order valence-electron chi connectivity index (χ0n) is 15.2. The summed E-state index contributed by atoms with van der Waals surface area (Å²) in [4.78, 5) is 25.5. The molecule has 5 nitrogen and oxygen atoms in total. The molecule has 1 N–H and O–H groups in total. The Hall–Kier alpha value is -2.14. The summed E-state index contributed by atoms with van der Waals surface area (Å²) in [5, 5.41) is 2.89. The van der Waals surface area contributed by atoms with Gasteiger partial charge in [0, 0.05) is 31.2 Å². The molecule has 0 aliphatic rings. The molecular weight excluding hydrogens is 304 g/mol. The van der Waals surface area contributed by atoms with Gasteiger partial charge in [-0.15, -0.1) is 0 Å². The van der Waals surface area contributed by atoms with Crippen LogP contribution in [-0.2, 0) is 9.53 Å². The summed E-state index contributed by atoms with van der Waals surface area (Å²) in [5.41, 5.74) is 1.34. The van der Waals surface area contributed by atoms with Crippen molar-refractivity contribution in [2.75, 3.05) is 20.2 Å². The first kappa shape index (κ1) is 19.9. The van der Waals surface area contributed by atoms with E-state index in [0.717, 1.165) is 12.1 Å². The predicted molar refractivity (Wildman–Crippen MR) is 96.8 cm³/mol. The summed E-state index contributed by atoms with van der Waals surface area (Å²) in [6, 6.07) is 7.79. The lowest BCUT2D eigenvalue weighted by Gasteiger charge is -2.30. The Labute approximate surface area is 144 Å². The number of methoxy groups -OCH3 is 1. The number of nitrogens with one attached hydrogen (secondary N) is 1.